The van der Waals surface area contributed by atoms with E-state index in [1.165, 1.54) is 0 Å². The monoisotopic (exact) mass is 305 g/mol. The van der Waals surface area contributed by atoms with E-state index in [0.717, 1.165) is 0 Å². The summed E-state index contributed by atoms with van der Waals surface area (Å²) in [6, 6.07) is 0. The Balaban J connectivity index is 1.93. The summed E-state index contributed by atoms with van der Waals surface area (Å²) in [5.41, 5.74) is -0.630. The van der Waals surface area contributed by atoms with Gasteiger partial charge >= 0.3 is 5.97 Å². The Kier molecular flexibility index (Phi) is 3.34. The van der Waals surface area contributed by atoms with Crippen molar-refractivity contribution in [3.05, 3.63) is 0 Å². The summed E-state index contributed by atoms with van der Waals surface area (Å²) in [6.45, 7) is 1.68. The number of carbonyl (C=O) groups is 3. The summed E-state index contributed by atoms with van der Waals surface area (Å²) in [6.07, 6.45) is -0.645. The molecule has 1 fully saturated rings. The molecule has 1 atom stereocenters. The van der Waals surface area contributed by atoms with Gasteiger partial charge in [0.25, 0.3) is 21.9 Å². The van der Waals surface area contributed by atoms with Crippen LogP contribution < -0.4 is 0 Å². The van der Waals surface area contributed by atoms with Crippen LogP contribution in [0.1, 0.15) is 26.2 Å². The quantitative estimate of drug-likeness (QED) is 0.528. The van der Waals surface area contributed by atoms with Crippen molar-refractivity contribution in [2.75, 3.05) is 0 Å². The van der Waals surface area contributed by atoms with Crippen molar-refractivity contribution in [2.24, 2.45) is 10.2 Å². The van der Waals surface area contributed by atoms with E-state index in [0.29, 0.717) is 0 Å². The van der Waals surface area contributed by atoms with Crippen molar-refractivity contribution in [1.82, 2.24) is 5.06 Å². The first-order valence-corrected chi connectivity index (χ1v) is 7.11. The van der Waals surface area contributed by atoms with E-state index in [-0.39, 0.29) is 17.9 Å². The highest BCUT2D eigenvalue weighted by molar-refractivity contribution is 7.87. The number of rotatable bonds is 5. The molecule has 0 aliphatic carbocycles. The van der Waals surface area contributed by atoms with Gasteiger partial charge in [0.2, 0.25) is 0 Å². The fourth-order valence-electron chi connectivity index (χ4n) is 1.58. The van der Waals surface area contributed by atoms with E-state index in [1.54, 1.807) is 6.92 Å². The molecule has 20 heavy (non-hydrogen) atoms. The highest BCUT2D eigenvalue weighted by Crippen LogP contribution is 2.32. The molecule has 11 heteroatoms. The molecule has 1 N–H and O–H groups in total. The number of hydrogen-bond donors (Lipinski definition) is 1. The second-order valence-electron chi connectivity index (χ2n) is 4.61. The molecule has 10 nitrogen and oxygen atoms in total. The maximum atomic E-state index is 11.6. The van der Waals surface area contributed by atoms with Gasteiger partial charge in [-0.25, -0.2) is 4.79 Å². The summed E-state index contributed by atoms with van der Waals surface area (Å²) in [5.74, 6) is -3.17. The minimum atomic E-state index is -4.71. The summed E-state index contributed by atoms with van der Waals surface area (Å²) >= 11 is 0. The number of nitrogens with zero attached hydrogens (tertiary/aromatic N) is 3. The third-order valence-corrected chi connectivity index (χ3v) is 3.95. The van der Waals surface area contributed by atoms with Crippen LogP contribution in [0.4, 0.5) is 0 Å². The Morgan fingerprint density at radius 1 is 1.50 bits per heavy atom. The van der Waals surface area contributed by atoms with Crippen LogP contribution in [0.2, 0.25) is 0 Å². The van der Waals surface area contributed by atoms with E-state index in [4.69, 9.17) is 4.55 Å². The Morgan fingerprint density at radius 3 is 2.55 bits per heavy atom. The first-order valence-electron chi connectivity index (χ1n) is 5.60. The predicted octanol–water partition coefficient (Wildman–Crippen LogP) is -0.578. The molecule has 1 saturated heterocycles. The zero-order valence-corrected chi connectivity index (χ0v) is 11.2. The fraction of sp³-hybridized carbons (Fsp3) is 0.667. The molecule has 110 valence electrons. The van der Waals surface area contributed by atoms with E-state index < -0.39 is 45.2 Å². The van der Waals surface area contributed by atoms with Gasteiger partial charge in [-0.2, -0.15) is 18.6 Å². The lowest BCUT2D eigenvalue weighted by molar-refractivity contribution is -0.197. The van der Waals surface area contributed by atoms with Crippen molar-refractivity contribution in [2.45, 2.75) is 37.1 Å². The summed E-state index contributed by atoms with van der Waals surface area (Å²) in [7, 11) is -4.71. The average molecular weight is 305 g/mol. The minimum absolute atomic E-state index is 0.0737. The smallest absolute Gasteiger partial charge is 0.330 e. The van der Waals surface area contributed by atoms with Crippen LogP contribution in [0, 0.1) is 0 Å². The van der Waals surface area contributed by atoms with Crippen molar-refractivity contribution < 1.29 is 32.2 Å². The van der Waals surface area contributed by atoms with Crippen molar-refractivity contribution in [1.29, 1.82) is 0 Å². The molecule has 0 radical (unpaired) electrons. The van der Waals surface area contributed by atoms with E-state index >= 15 is 0 Å². The number of imide groups is 1. The van der Waals surface area contributed by atoms with E-state index in [1.807, 2.05) is 0 Å². The van der Waals surface area contributed by atoms with Gasteiger partial charge < -0.3 is 4.84 Å². The summed E-state index contributed by atoms with van der Waals surface area (Å²) in [5, 5.41) is 5.49. The third kappa shape index (κ3) is 2.99. The number of hydrogen-bond acceptors (Lipinski definition) is 8. The number of hydroxylamine groups is 2. The zero-order valence-electron chi connectivity index (χ0n) is 10.3. The fourth-order valence-corrected chi connectivity index (χ4v) is 2.29. The standard InChI is InChI=1S/C9H11N3O7S/c1-9(10-11-9)3-2-7(14)19-12-6(13)4-5(8(12)15)20(16,17)18/h5H,2-4H2,1H3,(H,16,17,18)/t5-/m0/s1. The lowest BCUT2D eigenvalue weighted by Gasteiger charge is -2.13. The van der Waals surface area contributed by atoms with Crippen LogP contribution in [0.25, 0.3) is 0 Å². The first-order chi connectivity index (χ1) is 9.12. The van der Waals surface area contributed by atoms with E-state index in [2.05, 4.69) is 15.1 Å². The molecular formula is C9H11N3O7S. The zero-order chi connectivity index (χ0) is 15.1. The Bertz CT molecular complexity index is 605. The Hall–Kier alpha value is -1.88. The van der Waals surface area contributed by atoms with Crippen molar-refractivity contribution in [3.63, 3.8) is 0 Å². The molecule has 0 aromatic rings. The summed E-state index contributed by atoms with van der Waals surface area (Å²) in [4.78, 5) is 38.9. The third-order valence-electron chi connectivity index (χ3n) is 2.86. The van der Waals surface area contributed by atoms with Gasteiger partial charge in [0.1, 0.15) is 0 Å². The lowest BCUT2D eigenvalue weighted by Crippen LogP contribution is -2.36. The average Bonchev–Trinajstić information content (AvgIpc) is 2.99. The van der Waals surface area contributed by atoms with Gasteiger partial charge in [-0.15, -0.1) is 5.06 Å². The van der Waals surface area contributed by atoms with Crippen LogP contribution >= 0.6 is 0 Å². The first kappa shape index (κ1) is 14.5. The van der Waals surface area contributed by atoms with Crippen molar-refractivity contribution in [3.8, 4) is 0 Å². The molecule has 2 rings (SSSR count). The molecule has 0 aromatic carbocycles. The lowest BCUT2D eigenvalue weighted by atomic mass is 10.1. The molecule has 0 unspecified atom stereocenters. The number of carbonyl (C=O) groups excluding carboxylic acids is 3. The van der Waals surface area contributed by atoms with Crippen LogP contribution in [-0.2, 0) is 29.3 Å². The Morgan fingerprint density at radius 2 is 2.10 bits per heavy atom. The van der Waals surface area contributed by atoms with E-state index in [9.17, 15) is 22.8 Å². The minimum Gasteiger partial charge on any atom is -0.330 e. The highest BCUT2D eigenvalue weighted by atomic mass is 32.2. The molecule has 2 amide bonds. The normalized spacial score (nSPS) is 24.1. The van der Waals surface area contributed by atoms with Crippen LogP contribution in [-0.4, -0.2) is 46.7 Å². The topological polar surface area (TPSA) is 143 Å². The second-order valence-corrected chi connectivity index (χ2v) is 6.21. The van der Waals surface area contributed by atoms with Gasteiger partial charge in [0, 0.05) is 6.42 Å². The Labute approximate surface area is 113 Å². The van der Waals surface area contributed by atoms with Crippen LogP contribution in [0.5, 0.6) is 0 Å². The van der Waals surface area contributed by atoms with Gasteiger partial charge in [0.15, 0.2) is 10.9 Å². The second kappa shape index (κ2) is 4.59. The number of amides is 2. The van der Waals surface area contributed by atoms with Crippen LogP contribution in [0.15, 0.2) is 10.2 Å². The molecule has 2 aliphatic heterocycles. The molecule has 0 bridgehead atoms. The largest absolute Gasteiger partial charge is 0.333 e. The summed E-state index contributed by atoms with van der Waals surface area (Å²) < 4.78 is 30.5. The molecule has 2 aliphatic rings. The van der Waals surface area contributed by atoms with Gasteiger partial charge in [-0.05, 0) is 6.92 Å². The van der Waals surface area contributed by atoms with Gasteiger partial charge in [-0.1, -0.05) is 0 Å². The van der Waals surface area contributed by atoms with Crippen molar-refractivity contribution >= 4 is 27.9 Å². The maximum Gasteiger partial charge on any atom is 0.333 e. The SMILES string of the molecule is CC1(CCC(=O)ON2C(=O)C[C@H](S(=O)(=O)O)C2=O)N=N1. The molecular weight excluding hydrogens is 294 g/mol. The predicted molar refractivity (Wildman–Crippen MR) is 60.4 cm³/mol. The molecule has 0 aromatic heterocycles. The molecule has 2 heterocycles. The molecule has 0 spiro atoms. The van der Waals surface area contributed by atoms with Crippen LogP contribution in [0.3, 0.4) is 0 Å². The van der Waals surface area contributed by atoms with Gasteiger partial charge in [0.05, 0.1) is 12.8 Å². The van der Waals surface area contributed by atoms with Gasteiger partial charge in [-0.3, -0.25) is 14.1 Å². The maximum absolute atomic E-state index is 11.6. The molecule has 0 saturated carbocycles. The highest BCUT2D eigenvalue weighted by Gasteiger charge is 2.48.